The molecule has 0 aliphatic carbocycles. The smallest absolute Gasteiger partial charge is 0.317 e. The first-order valence-corrected chi connectivity index (χ1v) is 14.3. The van der Waals surface area contributed by atoms with Crippen LogP contribution in [0.4, 0.5) is 0 Å². The lowest BCUT2D eigenvalue weighted by molar-refractivity contribution is -0.183. The van der Waals surface area contributed by atoms with Gasteiger partial charge < -0.3 is 25.5 Å². The van der Waals surface area contributed by atoms with Crippen molar-refractivity contribution in [2.24, 2.45) is 57.8 Å². The minimum absolute atomic E-state index is 0.0155. The first-order chi connectivity index (χ1) is 16.8. The van der Waals surface area contributed by atoms with Crippen molar-refractivity contribution in [3.05, 3.63) is 0 Å². The second-order valence-corrected chi connectivity index (χ2v) is 12.4. The van der Waals surface area contributed by atoms with E-state index in [-0.39, 0.29) is 44.0 Å². The number of nitrogens with two attached hydrogens (primary N) is 2. The van der Waals surface area contributed by atoms with E-state index >= 15 is 0 Å². The van der Waals surface area contributed by atoms with E-state index in [0.29, 0.717) is 24.7 Å². The fraction of sp³-hybridized carbons (Fsp3) is 0.846. The first kappa shape index (κ1) is 30.5. The van der Waals surface area contributed by atoms with Gasteiger partial charge in [-0.25, -0.2) is 0 Å². The van der Waals surface area contributed by atoms with E-state index in [1.807, 2.05) is 27.7 Å². The van der Waals surface area contributed by atoms with Crippen molar-refractivity contribution in [2.75, 3.05) is 0 Å². The molecular formula is C26H46N3O6P. The van der Waals surface area contributed by atoms with Crippen molar-refractivity contribution in [3.63, 3.8) is 0 Å². The Bertz CT molecular complexity index is 838. The van der Waals surface area contributed by atoms with Gasteiger partial charge in [0.05, 0.1) is 5.92 Å². The third-order valence-electron chi connectivity index (χ3n) is 7.93. The molecule has 36 heavy (non-hydrogen) atoms. The molecule has 2 aliphatic rings. The molecule has 0 amide bonds. The van der Waals surface area contributed by atoms with Crippen LogP contribution in [0.25, 0.3) is 0 Å². The van der Waals surface area contributed by atoms with Crippen LogP contribution in [-0.4, -0.2) is 41.1 Å². The number of Topliss-reactive ketones (excluding diaryl/α,β-unsaturated/α-hetero) is 1. The fourth-order valence-electron chi connectivity index (χ4n) is 6.21. The molecule has 11 unspecified atom stereocenters. The highest BCUT2D eigenvalue weighted by Gasteiger charge is 2.62. The van der Waals surface area contributed by atoms with E-state index in [0.717, 1.165) is 12.8 Å². The maximum absolute atomic E-state index is 13.7. The molecule has 0 aromatic rings. The molecule has 0 aromatic heterocycles. The van der Waals surface area contributed by atoms with E-state index in [2.05, 4.69) is 19.0 Å². The third kappa shape index (κ3) is 6.77. The van der Waals surface area contributed by atoms with Gasteiger partial charge in [-0.2, -0.15) is 0 Å². The number of carbonyl (C=O) groups excluding carboxylic acids is 3. The van der Waals surface area contributed by atoms with Gasteiger partial charge in [0.15, 0.2) is 17.3 Å². The highest BCUT2D eigenvalue weighted by atomic mass is 31.1. The topological polar surface area (TPSA) is 143 Å². The summed E-state index contributed by atoms with van der Waals surface area (Å²) >= 11 is 0. The number of rotatable bonds is 5. The van der Waals surface area contributed by atoms with E-state index in [4.69, 9.17) is 25.5 Å². The van der Waals surface area contributed by atoms with Crippen molar-refractivity contribution in [1.82, 2.24) is 0 Å². The van der Waals surface area contributed by atoms with Gasteiger partial charge in [0.2, 0.25) is 0 Å². The lowest BCUT2D eigenvalue weighted by atomic mass is 9.67. The van der Waals surface area contributed by atoms with Gasteiger partial charge in [-0.3, -0.25) is 14.4 Å². The van der Waals surface area contributed by atoms with Crippen LogP contribution in [0.3, 0.4) is 0 Å². The van der Waals surface area contributed by atoms with Gasteiger partial charge >= 0.3 is 11.9 Å². The molecule has 2 heterocycles. The summed E-state index contributed by atoms with van der Waals surface area (Å²) in [5.41, 5.74) is 10.7. The largest absolute Gasteiger partial charge is 0.458 e. The van der Waals surface area contributed by atoms with Crippen LogP contribution in [0.5, 0.6) is 0 Å². The monoisotopic (exact) mass is 527 g/mol. The number of carbonyl (C=O) groups is 3. The van der Waals surface area contributed by atoms with Crippen LogP contribution in [0, 0.1) is 41.4 Å². The molecule has 0 aromatic carbocycles. The Hall–Kier alpha value is -1.73. The molecule has 2 fully saturated rings. The Balaban J connectivity index is 2.58. The molecule has 0 spiro atoms. The maximum Gasteiger partial charge on any atom is 0.317 e. The molecule has 0 saturated carbocycles. The minimum atomic E-state index is -1.26. The summed E-state index contributed by atoms with van der Waals surface area (Å²) in [4.78, 5) is 45.5. The summed E-state index contributed by atoms with van der Waals surface area (Å²) < 4.78 is 12.0. The van der Waals surface area contributed by atoms with Crippen molar-refractivity contribution >= 4 is 32.3 Å². The van der Waals surface area contributed by atoms with E-state index in [1.54, 1.807) is 13.8 Å². The predicted octanol–water partition coefficient (Wildman–Crippen LogP) is 3.98. The van der Waals surface area contributed by atoms with Crippen LogP contribution >= 0.6 is 8.73 Å². The highest BCUT2D eigenvalue weighted by molar-refractivity contribution is 7.35. The summed E-state index contributed by atoms with van der Waals surface area (Å²) in [6.45, 7) is 15.3. The molecular weight excluding hydrogens is 481 g/mol. The molecule has 2 saturated heterocycles. The van der Waals surface area contributed by atoms with Crippen LogP contribution in [-0.2, 0) is 28.7 Å². The van der Waals surface area contributed by atoms with Crippen LogP contribution in [0.15, 0.2) is 5.16 Å². The Morgan fingerprint density at radius 3 is 2.22 bits per heavy atom. The molecule has 2 rings (SSSR count). The van der Waals surface area contributed by atoms with Crippen LogP contribution in [0.1, 0.15) is 81.1 Å². The number of nitrogens with zero attached hydrogens (tertiary/aromatic N) is 1. The van der Waals surface area contributed by atoms with Crippen molar-refractivity contribution in [2.45, 2.75) is 98.6 Å². The second-order valence-electron chi connectivity index (χ2n) is 11.3. The highest BCUT2D eigenvalue weighted by Crippen LogP contribution is 2.47. The third-order valence-corrected chi connectivity index (χ3v) is 8.50. The summed E-state index contributed by atoms with van der Waals surface area (Å²) in [5.74, 6) is -3.50. The predicted molar refractivity (Wildman–Crippen MR) is 141 cm³/mol. The molecule has 2 aliphatic heterocycles. The summed E-state index contributed by atoms with van der Waals surface area (Å²) in [7, 11) is -0.0155. The van der Waals surface area contributed by atoms with E-state index < -0.39 is 35.4 Å². The number of oxime groups is 1. The molecule has 206 valence electrons. The Morgan fingerprint density at radius 1 is 1.08 bits per heavy atom. The molecule has 0 bridgehead atoms. The lowest BCUT2D eigenvalue weighted by Crippen LogP contribution is -2.53. The number of ketones is 1. The average Bonchev–Trinajstić information content (AvgIpc) is 3.09. The Morgan fingerprint density at radius 2 is 1.67 bits per heavy atom. The van der Waals surface area contributed by atoms with Gasteiger partial charge in [0.1, 0.15) is 17.8 Å². The average molecular weight is 528 g/mol. The fourth-order valence-corrected chi connectivity index (χ4v) is 6.32. The van der Waals surface area contributed by atoms with Crippen molar-refractivity contribution in [3.8, 4) is 0 Å². The van der Waals surface area contributed by atoms with E-state index in [9.17, 15) is 14.4 Å². The van der Waals surface area contributed by atoms with Crippen LogP contribution in [0.2, 0.25) is 0 Å². The zero-order chi connectivity index (χ0) is 27.4. The first-order valence-electron chi connectivity index (χ1n) is 13.2. The van der Waals surface area contributed by atoms with Crippen molar-refractivity contribution in [1.29, 1.82) is 0 Å². The molecule has 4 N–H and O–H groups in total. The lowest BCUT2D eigenvalue weighted by Gasteiger charge is -2.40. The summed E-state index contributed by atoms with van der Waals surface area (Å²) in [5, 5.41) is 3.98. The summed E-state index contributed by atoms with van der Waals surface area (Å²) in [6, 6.07) is 0. The Kier molecular flexibility index (Phi) is 10.7. The molecule has 9 nitrogen and oxygen atoms in total. The van der Waals surface area contributed by atoms with Gasteiger partial charge in [0.25, 0.3) is 0 Å². The standard InChI is InChI=1S/C26H46N3O6P/c1-9-19-26(8)21(20(25(32)34-26)23(27)29-35-18(7)36-28)17(6)22(30)15(4)11-13(2)10-14(3)12-16(5)24(31)33-19/h13-21,36H,9-12,28H2,1-8H3,(H2,27,29). The van der Waals surface area contributed by atoms with Gasteiger partial charge in [-0.1, -0.05) is 46.7 Å². The number of cyclic esters (lactones) is 1. The molecule has 0 radical (unpaired) electrons. The van der Waals surface area contributed by atoms with Gasteiger partial charge in [-0.15, -0.1) is 0 Å². The number of esters is 2. The zero-order valence-electron chi connectivity index (χ0n) is 23.1. The SMILES string of the molecule is CCC1OC(=O)C(C)CC(C)CC(C)CC(C)C(=O)C(C)C2C(C(N)=NOC(C)PN)C(=O)OC12C. The normalized spacial score (nSPS) is 40.4. The van der Waals surface area contributed by atoms with Gasteiger partial charge in [-0.05, 0) is 60.1 Å². The Labute approximate surface area is 217 Å². The number of ether oxygens (including phenoxy) is 2. The van der Waals surface area contributed by atoms with Crippen molar-refractivity contribution < 1.29 is 28.7 Å². The molecule has 10 heteroatoms. The van der Waals surface area contributed by atoms with E-state index in [1.165, 1.54) is 0 Å². The van der Waals surface area contributed by atoms with Crippen LogP contribution < -0.4 is 11.2 Å². The minimum Gasteiger partial charge on any atom is -0.458 e. The zero-order valence-corrected chi connectivity index (χ0v) is 24.1. The number of hydrogen-bond acceptors (Lipinski definition) is 8. The molecule has 11 atom stereocenters. The quantitative estimate of drug-likeness (QED) is 0.180. The van der Waals surface area contributed by atoms with Gasteiger partial charge in [0, 0.05) is 17.8 Å². The number of fused-ring (bicyclic) bond motifs is 1. The number of hydrogen-bond donors (Lipinski definition) is 2. The maximum atomic E-state index is 13.7. The second kappa shape index (κ2) is 12.7. The summed E-state index contributed by atoms with van der Waals surface area (Å²) in [6.07, 6.45) is 2.01. The number of amidine groups is 1.